The average molecular weight is 330 g/mol. The Balaban J connectivity index is 2.11. The van der Waals surface area contributed by atoms with Crippen LogP contribution in [0.5, 0.6) is 0 Å². The van der Waals surface area contributed by atoms with E-state index in [0.29, 0.717) is 4.47 Å². The molecule has 88 valence electrons. The number of thiazole rings is 1. The van der Waals surface area contributed by atoms with Crippen molar-refractivity contribution in [2.45, 2.75) is 10.6 Å². The third-order valence-corrected chi connectivity index (χ3v) is 4.39. The first-order valence-corrected chi connectivity index (χ1v) is 7.41. The van der Waals surface area contributed by atoms with Gasteiger partial charge in [-0.2, -0.15) is 0 Å². The first kappa shape index (κ1) is 12.6. The van der Waals surface area contributed by atoms with E-state index >= 15 is 0 Å². The molecule has 0 atom stereocenters. The van der Waals surface area contributed by atoms with Crippen molar-refractivity contribution >= 4 is 45.0 Å². The van der Waals surface area contributed by atoms with Crippen LogP contribution in [0.25, 0.3) is 0 Å². The van der Waals surface area contributed by atoms with Crippen molar-refractivity contribution in [1.82, 2.24) is 4.98 Å². The molecule has 0 aliphatic carbocycles. The van der Waals surface area contributed by atoms with Crippen molar-refractivity contribution in [2.24, 2.45) is 0 Å². The van der Waals surface area contributed by atoms with E-state index in [1.165, 1.54) is 0 Å². The van der Waals surface area contributed by atoms with Gasteiger partial charge in [0.05, 0.1) is 16.8 Å². The molecule has 0 spiro atoms. The molecule has 0 amide bonds. The van der Waals surface area contributed by atoms with Crippen molar-refractivity contribution in [3.05, 3.63) is 44.8 Å². The van der Waals surface area contributed by atoms with E-state index in [2.05, 4.69) is 20.9 Å². The average Bonchev–Trinajstić information content (AvgIpc) is 2.80. The summed E-state index contributed by atoms with van der Waals surface area (Å²) in [5, 5.41) is 11.0. The molecule has 0 saturated carbocycles. The molecule has 0 unspecified atom stereocenters. The van der Waals surface area contributed by atoms with E-state index in [4.69, 9.17) is 5.11 Å². The van der Waals surface area contributed by atoms with Crippen molar-refractivity contribution in [3.8, 4) is 0 Å². The van der Waals surface area contributed by atoms with E-state index in [0.717, 1.165) is 16.3 Å². The van der Waals surface area contributed by atoms with Gasteiger partial charge in [-0.25, -0.2) is 9.78 Å². The molecule has 1 N–H and O–H groups in total. The summed E-state index contributed by atoms with van der Waals surface area (Å²) < 4.78 is 0.600. The second kappa shape index (κ2) is 5.66. The number of hydrogen-bond acceptors (Lipinski definition) is 4. The Hall–Kier alpha value is -0.850. The lowest BCUT2D eigenvalue weighted by Crippen LogP contribution is -1.97. The SMILES string of the molecule is O=C(O)c1cc(SCc2cscn2)ccc1Br. The van der Waals surface area contributed by atoms with Crippen LogP contribution in [0.15, 0.2) is 38.5 Å². The summed E-state index contributed by atoms with van der Waals surface area (Å²) >= 11 is 6.36. The minimum Gasteiger partial charge on any atom is -0.478 e. The smallest absolute Gasteiger partial charge is 0.336 e. The highest BCUT2D eigenvalue weighted by Gasteiger charge is 2.09. The summed E-state index contributed by atoms with van der Waals surface area (Å²) in [7, 11) is 0. The summed E-state index contributed by atoms with van der Waals surface area (Å²) in [5.41, 5.74) is 3.09. The van der Waals surface area contributed by atoms with E-state index in [-0.39, 0.29) is 5.56 Å². The maximum Gasteiger partial charge on any atom is 0.336 e. The Morgan fingerprint density at radius 1 is 1.53 bits per heavy atom. The van der Waals surface area contributed by atoms with Gasteiger partial charge in [-0.05, 0) is 34.1 Å². The number of benzene rings is 1. The highest BCUT2D eigenvalue weighted by Crippen LogP contribution is 2.27. The minimum absolute atomic E-state index is 0.285. The van der Waals surface area contributed by atoms with Gasteiger partial charge in [0.2, 0.25) is 0 Å². The van der Waals surface area contributed by atoms with Gasteiger partial charge in [0.15, 0.2) is 0 Å². The number of thioether (sulfide) groups is 1. The molecule has 3 nitrogen and oxygen atoms in total. The number of carboxylic acid groups (broad SMARTS) is 1. The van der Waals surface area contributed by atoms with Gasteiger partial charge >= 0.3 is 5.97 Å². The topological polar surface area (TPSA) is 50.2 Å². The van der Waals surface area contributed by atoms with Gasteiger partial charge in [-0.15, -0.1) is 23.1 Å². The lowest BCUT2D eigenvalue weighted by Gasteiger charge is -2.03. The molecule has 0 fully saturated rings. The van der Waals surface area contributed by atoms with Crippen LogP contribution in [0.1, 0.15) is 16.1 Å². The number of carboxylic acids is 1. The zero-order valence-corrected chi connectivity index (χ0v) is 11.8. The maximum absolute atomic E-state index is 11.0. The van der Waals surface area contributed by atoms with Gasteiger partial charge in [-0.1, -0.05) is 0 Å². The van der Waals surface area contributed by atoms with Gasteiger partial charge in [-0.3, -0.25) is 0 Å². The Kier molecular flexibility index (Phi) is 4.20. The van der Waals surface area contributed by atoms with E-state index in [1.54, 1.807) is 40.7 Å². The third kappa shape index (κ3) is 3.31. The summed E-state index contributed by atoms with van der Waals surface area (Å²) in [6.45, 7) is 0. The number of carbonyl (C=O) groups is 1. The molecule has 2 rings (SSSR count). The molecule has 0 aliphatic rings. The first-order chi connectivity index (χ1) is 8.16. The molecule has 17 heavy (non-hydrogen) atoms. The largest absolute Gasteiger partial charge is 0.478 e. The molecule has 0 saturated heterocycles. The van der Waals surface area contributed by atoms with Crippen molar-refractivity contribution < 1.29 is 9.90 Å². The fraction of sp³-hybridized carbons (Fsp3) is 0.0909. The highest BCUT2D eigenvalue weighted by molar-refractivity contribution is 9.10. The molecule has 1 aromatic heterocycles. The molecule has 1 aromatic carbocycles. The van der Waals surface area contributed by atoms with Crippen molar-refractivity contribution in [2.75, 3.05) is 0 Å². The predicted molar refractivity (Wildman–Crippen MR) is 72.8 cm³/mol. The number of nitrogens with zero attached hydrogens (tertiary/aromatic N) is 1. The van der Waals surface area contributed by atoms with E-state index < -0.39 is 5.97 Å². The highest BCUT2D eigenvalue weighted by atomic mass is 79.9. The summed E-state index contributed by atoms with van der Waals surface area (Å²) in [5.74, 6) is -0.169. The Bertz CT molecular complexity index is 528. The Morgan fingerprint density at radius 3 is 3.00 bits per heavy atom. The standard InChI is InChI=1S/C11H8BrNO2S2/c12-10-2-1-8(3-9(10)11(14)15)17-5-7-4-16-6-13-7/h1-4,6H,5H2,(H,14,15). The third-order valence-electron chi connectivity index (χ3n) is 2.04. The first-order valence-electron chi connectivity index (χ1n) is 4.69. The van der Waals surface area contributed by atoms with Crippen LogP contribution in [-0.4, -0.2) is 16.1 Å². The van der Waals surface area contributed by atoms with Crippen LogP contribution in [0.3, 0.4) is 0 Å². The zero-order valence-electron chi connectivity index (χ0n) is 8.59. The van der Waals surface area contributed by atoms with Crippen molar-refractivity contribution in [1.29, 1.82) is 0 Å². The molecule has 1 heterocycles. The maximum atomic E-state index is 11.0. The second-order valence-corrected chi connectivity index (χ2v) is 5.84. The minimum atomic E-state index is -0.923. The van der Waals surface area contributed by atoms with Crippen LogP contribution < -0.4 is 0 Å². The summed E-state index contributed by atoms with van der Waals surface area (Å²) in [6, 6.07) is 5.32. The molecule has 0 aliphatic heterocycles. The zero-order chi connectivity index (χ0) is 12.3. The van der Waals surface area contributed by atoms with E-state index in [1.807, 2.05) is 11.4 Å². The molecule has 6 heteroatoms. The number of aromatic nitrogens is 1. The number of aromatic carboxylic acids is 1. The predicted octanol–water partition coefficient (Wildman–Crippen LogP) is 3.90. The number of rotatable bonds is 4. The lowest BCUT2D eigenvalue weighted by molar-refractivity contribution is 0.0695. The molecular weight excluding hydrogens is 322 g/mol. The Morgan fingerprint density at radius 2 is 2.35 bits per heavy atom. The van der Waals surface area contributed by atoms with Crippen LogP contribution in [0, 0.1) is 0 Å². The fourth-order valence-corrected chi connectivity index (χ4v) is 3.14. The molecule has 0 bridgehead atoms. The van der Waals surface area contributed by atoms with Crippen LogP contribution in [0.2, 0.25) is 0 Å². The van der Waals surface area contributed by atoms with E-state index in [9.17, 15) is 4.79 Å². The van der Waals surface area contributed by atoms with Crippen LogP contribution >= 0.6 is 39.0 Å². The number of halogens is 1. The van der Waals surface area contributed by atoms with Gasteiger partial charge < -0.3 is 5.11 Å². The van der Waals surface area contributed by atoms with Gasteiger partial charge in [0, 0.05) is 20.5 Å². The van der Waals surface area contributed by atoms with Crippen molar-refractivity contribution in [3.63, 3.8) is 0 Å². The van der Waals surface area contributed by atoms with Crippen LogP contribution in [-0.2, 0) is 5.75 Å². The number of hydrogen-bond donors (Lipinski definition) is 1. The van der Waals surface area contributed by atoms with Gasteiger partial charge in [0.1, 0.15) is 0 Å². The molecular formula is C11H8BrNO2S2. The summed E-state index contributed by atoms with van der Waals surface area (Å²) in [6.07, 6.45) is 0. The summed E-state index contributed by atoms with van der Waals surface area (Å²) in [4.78, 5) is 16.1. The second-order valence-electron chi connectivity index (χ2n) is 3.22. The molecule has 2 aromatic rings. The lowest BCUT2D eigenvalue weighted by atomic mass is 10.2. The quantitative estimate of drug-likeness (QED) is 0.864. The Labute approximate surface area is 115 Å². The van der Waals surface area contributed by atoms with Crippen LogP contribution in [0.4, 0.5) is 0 Å². The molecule has 0 radical (unpaired) electrons. The van der Waals surface area contributed by atoms with Gasteiger partial charge in [0.25, 0.3) is 0 Å². The monoisotopic (exact) mass is 329 g/mol. The normalized spacial score (nSPS) is 10.4. The fourth-order valence-electron chi connectivity index (χ4n) is 1.22.